The van der Waals surface area contributed by atoms with E-state index in [1.54, 1.807) is 6.20 Å². The third kappa shape index (κ3) is 8.54. The Morgan fingerprint density at radius 2 is 1.67 bits per heavy atom. The fraction of sp³-hybridized carbons (Fsp3) is 0.519. The van der Waals surface area contributed by atoms with Crippen molar-refractivity contribution in [3.05, 3.63) is 36.0 Å². The van der Waals surface area contributed by atoms with Crippen molar-refractivity contribution in [2.75, 3.05) is 6.54 Å². The molecule has 4 unspecified atom stereocenters. The van der Waals surface area contributed by atoms with Crippen molar-refractivity contribution in [1.82, 2.24) is 26.3 Å². The van der Waals surface area contributed by atoms with Crippen LogP contribution < -0.4 is 21.3 Å². The molecule has 2 heterocycles. The van der Waals surface area contributed by atoms with Gasteiger partial charge in [0, 0.05) is 29.9 Å². The summed E-state index contributed by atoms with van der Waals surface area (Å²) >= 11 is 0. The van der Waals surface area contributed by atoms with Crippen molar-refractivity contribution in [3.63, 3.8) is 0 Å². The van der Waals surface area contributed by atoms with E-state index in [2.05, 4.69) is 26.3 Å². The highest BCUT2D eigenvalue weighted by Gasteiger charge is 2.32. The molecule has 12 nitrogen and oxygen atoms in total. The second-order valence-electron chi connectivity index (χ2n) is 10.3. The summed E-state index contributed by atoms with van der Waals surface area (Å²) in [4.78, 5) is 65.6. The lowest BCUT2D eigenvalue weighted by atomic mass is 10.0. The molecule has 1 aromatic heterocycles. The van der Waals surface area contributed by atoms with Gasteiger partial charge in [-0.15, -0.1) is 0 Å². The first-order valence-electron chi connectivity index (χ1n) is 13.2. The van der Waals surface area contributed by atoms with E-state index in [0.29, 0.717) is 13.0 Å². The van der Waals surface area contributed by atoms with E-state index in [1.807, 2.05) is 38.1 Å². The Morgan fingerprint density at radius 1 is 0.974 bits per heavy atom. The predicted molar refractivity (Wildman–Crippen MR) is 143 cm³/mol. The fourth-order valence-corrected chi connectivity index (χ4v) is 4.68. The number of carboxylic acids is 2. The largest absolute Gasteiger partial charge is 0.481 e. The molecule has 212 valence electrons. The van der Waals surface area contributed by atoms with E-state index in [0.717, 1.165) is 22.9 Å². The average Bonchev–Trinajstić information content (AvgIpc) is 3.56. The molecule has 0 radical (unpaired) electrons. The highest BCUT2D eigenvalue weighted by atomic mass is 16.4. The standard InChI is InChI=1S/C27H37N5O7/c1-15(2)12-22(27(38)39)32-26(37)21(13-16-14-29-18-7-4-3-6-17(16)18)31-25(36)20(9-10-23(33)34)30-24(35)19-8-5-11-28-19/h3-4,6-7,14-15,19-22,28-29H,5,8-13H2,1-2H3,(H,30,35)(H,31,36)(H,32,37)(H,33,34)(H,38,39). The highest BCUT2D eigenvalue weighted by molar-refractivity contribution is 5.95. The minimum Gasteiger partial charge on any atom is -0.481 e. The van der Waals surface area contributed by atoms with E-state index < -0.39 is 53.8 Å². The third-order valence-electron chi connectivity index (χ3n) is 6.71. The SMILES string of the molecule is CC(C)CC(NC(=O)C(Cc1c[nH]c2ccccc12)NC(=O)C(CCC(=O)O)NC(=O)C1CCCN1)C(=O)O. The molecular weight excluding hydrogens is 506 g/mol. The van der Waals surface area contributed by atoms with Crippen LogP contribution in [0, 0.1) is 5.92 Å². The van der Waals surface area contributed by atoms with Crippen molar-refractivity contribution < 1.29 is 34.2 Å². The zero-order valence-corrected chi connectivity index (χ0v) is 22.2. The van der Waals surface area contributed by atoms with Gasteiger partial charge in [0.15, 0.2) is 0 Å². The smallest absolute Gasteiger partial charge is 0.326 e. The van der Waals surface area contributed by atoms with Crippen LogP contribution in [-0.4, -0.2) is 75.6 Å². The number of nitrogens with one attached hydrogen (secondary N) is 5. The molecule has 1 aliphatic rings. The van der Waals surface area contributed by atoms with Crippen LogP contribution in [0.1, 0.15) is 51.5 Å². The first-order chi connectivity index (χ1) is 18.5. The number of carboxylic acid groups (broad SMARTS) is 2. The molecule has 0 aliphatic carbocycles. The molecule has 4 atom stereocenters. The number of aliphatic carboxylic acids is 2. The van der Waals surface area contributed by atoms with Crippen LogP contribution in [0.25, 0.3) is 10.9 Å². The van der Waals surface area contributed by atoms with Crippen LogP contribution in [0.15, 0.2) is 30.5 Å². The zero-order valence-electron chi connectivity index (χ0n) is 22.2. The maximum absolute atomic E-state index is 13.4. The number of rotatable bonds is 14. The lowest BCUT2D eigenvalue weighted by Gasteiger charge is -2.25. The summed E-state index contributed by atoms with van der Waals surface area (Å²) in [5.41, 5.74) is 1.56. The first kappa shape index (κ1) is 29.6. The van der Waals surface area contributed by atoms with Crippen LogP contribution in [0.5, 0.6) is 0 Å². The summed E-state index contributed by atoms with van der Waals surface area (Å²) in [5.74, 6) is -4.16. The Hall–Kier alpha value is -3.93. The van der Waals surface area contributed by atoms with Crippen molar-refractivity contribution in [3.8, 4) is 0 Å². The third-order valence-corrected chi connectivity index (χ3v) is 6.71. The molecule has 3 amide bonds. The van der Waals surface area contributed by atoms with Gasteiger partial charge in [-0.05, 0) is 49.8 Å². The Kier molecular flexibility index (Phi) is 10.4. The number of H-pyrrole nitrogens is 1. The normalized spacial score (nSPS) is 17.4. The summed E-state index contributed by atoms with van der Waals surface area (Å²) in [6, 6.07) is 3.40. The van der Waals surface area contributed by atoms with Crippen LogP contribution in [-0.2, 0) is 30.4 Å². The molecular formula is C27H37N5O7. The average molecular weight is 544 g/mol. The second kappa shape index (κ2) is 13.7. The Morgan fingerprint density at radius 3 is 2.31 bits per heavy atom. The molecule has 1 aliphatic heterocycles. The molecule has 1 fully saturated rings. The summed E-state index contributed by atoms with van der Waals surface area (Å²) in [6.45, 7) is 4.34. The zero-order chi connectivity index (χ0) is 28.5. The molecule has 1 aromatic carbocycles. The van der Waals surface area contributed by atoms with E-state index in [4.69, 9.17) is 0 Å². The monoisotopic (exact) mass is 543 g/mol. The molecule has 39 heavy (non-hydrogen) atoms. The predicted octanol–water partition coefficient (Wildman–Crippen LogP) is 0.912. The number of fused-ring (bicyclic) bond motifs is 1. The quantitative estimate of drug-likeness (QED) is 0.183. The molecule has 2 aromatic rings. The summed E-state index contributed by atoms with van der Waals surface area (Å²) in [5, 5.41) is 30.5. The van der Waals surface area contributed by atoms with Gasteiger partial charge in [-0.1, -0.05) is 32.0 Å². The summed E-state index contributed by atoms with van der Waals surface area (Å²) in [7, 11) is 0. The van der Waals surface area contributed by atoms with Gasteiger partial charge in [0.05, 0.1) is 6.04 Å². The van der Waals surface area contributed by atoms with E-state index in [1.165, 1.54) is 0 Å². The van der Waals surface area contributed by atoms with Crippen molar-refractivity contribution in [1.29, 1.82) is 0 Å². The van der Waals surface area contributed by atoms with Crippen LogP contribution in [0.4, 0.5) is 0 Å². The molecule has 0 spiro atoms. The van der Waals surface area contributed by atoms with Gasteiger partial charge in [0.1, 0.15) is 18.1 Å². The van der Waals surface area contributed by atoms with Gasteiger partial charge >= 0.3 is 11.9 Å². The van der Waals surface area contributed by atoms with Gasteiger partial charge in [0.25, 0.3) is 0 Å². The van der Waals surface area contributed by atoms with Gasteiger partial charge in [-0.25, -0.2) is 4.79 Å². The van der Waals surface area contributed by atoms with Crippen molar-refractivity contribution in [2.45, 2.75) is 76.5 Å². The molecule has 1 saturated heterocycles. The number of carbonyl (C=O) groups is 5. The van der Waals surface area contributed by atoms with E-state index >= 15 is 0 Å². The molecule has 7 N–H and O–H groups in total. The van der Waals surface area contributed by atoms with Crippen molar-refractivity contribution >= 4 is 40.6 Å². The van der Waals surface area contributed by atoms with Gasteiger partial charge in [-0.2, -0.15) is 0 Å². The van der Waals surface area contributed by atoms with Crippen LogP contribution >= 0.6 is 0 Å². The fourth-order valence-electron chi connectivity index (χ4n) is 4.68. The number of para-hydroxylation sites is 1. The second-order valence-corrected chi connectivity index (χ2v) is 10.3. The Bertz CT molecular complexity index is 1190. The van der Waals surface area contributed by atoms with Gasteiger partial charge < -0.3 is 36.5 Å². The Labute approximate surface area is 226 Å². The van der Waals surface area contributed by atoms with Crippen molar-refractivity contribution in [2.24, 2.45) is 5.92 Å². The molecule has 0 bridgehead atoms. The van der Waals surface area contributed by atoms with Gasteiger partial charge in [-0.3, -0.25) is 19.2 Å². The minimum atomic E-state index is -1.19. The maximum Gasteiger partial charge on any atom is 0.326 e. The van der Waals surface area contributed by atoms with Gasteiger partial charge in [0.2, 0.25) is 17.7 Å². The molecule has 3 rings (SSSR count). The topological polar surface area (TPSA) is 190 Å². The number of benzene rings is 1. The Balaban J connectivity index is 1.83. The number of aromatic nitrogens is 1. The summed E-state index contributed by atoms with van der Waals surface area (Å²) < 4.78 is 0. The van der Waals surface area contributed by atoms with E-state index in [-0.39, 0.29) is 31.6 Å². The number of carbonyl (C=O) groups excluding carboxylic acids is 3. The first-order valence-corrected chi connectivity index (χ1v) is 13.2. The maximum atomic E-state index is 13.4. The number of hydrogen-bond acceptors (Lipinski definition) is 6. The number of hydrogen-bond donors (Lipinski definition) is 7. The molecule has 12 heteroatoms. The summed E-state index contributed by atoms with van der Waals surface area (Å²) in [6.07, 6.45) is 2.81. The van der Waals surface area contributed by atoms with Crippen LogP contribution in [0.2, 0.25) is 0 Å². The van der Waals surface area contributed by atoms with E-state index in [9.17, 15) is 34.2 Å². The van der Waals surface area contributed by atoms with Crippen LogP contribution in [0.3, 0.4) is 0 Å². The number of amides is 3. The number of aromatic amines is 1. The lowest BCUT2D eigenvalue weighted by Crippen LogP contribution is -2.57. The lowest BCUT2D eigenvalue weighted by molar-refractivity contribution is -0.142. The highest BCUT2D eigenvalue weighted by Crippen LogP contribution is 2.19. The molecule has 0 saturated carbocycles. The minimum absolute atomic E-state index is 0.00660.